The standard InChI is InChI=1S/C18H24FN/c1-6-13(3)14(4)18(15(5)20-7-2)12-16-8-10-17(19)11-9-16/h7-11H,6,12H2,1-5H3/b14-13+,18-15-,20-7?. The molecule has 0 fully saturated rings. The molecule has 1 nitrogen and oxygen atoms in total. The van der Waals surface area contributed by atoms with E-state index in [1.165, 1.54) is 28.9 Å². The Hall–Kier alpha value is -1.70. The van der Waals surface area contributed by atoms with Gasteiger partial charge in [0.1, 0.15) is 5.82 Å². The highest BCUT2D eigenvalue weighted by Gasteiger charge is 2.09. The van der Waals surface area contributed by atoms with Gasteiger partial charge in [-0.2, -0.15) is 0 Å². The van der Waals surface area contributed by atoms with Gasteiger partial charge in [-0.3, -0.25) is 4.99 Å². The molecule has 0 saturated carbocycles. The third kappa shape index (κ3) is 4.44. The van der Waals surface area contributed by atoms with Gasteiger partial charge in [0, 0.05) is 11.9 Å². The van der Waals surface area contributed by atoms with Gasteiger partial charge in [-0.1, -0.05) is 24.6 Å². The largest absolute Gasteiger partial charge is 0.266 e. The van der Waals surface area contributed by atoms with Crippen molar-refractivity contribution in [3.63, 3.8) is 0 Å². The predicted molar refractivity (Wildman–Crippen MR) is 85.6 cm³/mol. The third-order valence-corrected chi connectivity index (χ3v) is 3.68. The lowest BCUT2D eigenvalue weighted by molar-refractivity contribution is 0.627. The first-order valence-corrected chi connectivity index (χ1v) is 7.09. The normalized spacial score (nSPS) is 14.3. The maximum absolute atomic E-state index is 13.0. The SMILES string of the molecule is CC=N/C(C)=C(Cc1ccc(F)cc1)\C(C)=C(/C)CC. The Kier molecular flexibility index (Phi) is 6.37. The zero-order valence-corrected chi connectivity index (χ0v) is 13.1. The summed E-state index contributed by atoms with van der Waals surface area (Å²) in [5.74, 6) is -0.195. The van der Waals surface area contributed by atoms with E-state index >= 15 is 0 Å². The lowest BCUT2D eigenvalue weighted by Gasteiger charge is -2.14. The van der Waals surface area contributed by atoms with Gasteiger partial charge >= 0.3 is 0 Å². The number of hydrogen-bond acceptors (Lipinski definition) is 1. The second-order valence-corrected chi connectivity index (χ2v) is 5.01. The molecule has 1 aromatic carbocycles. The molecule has 0 bridgehead atoms. The predicted octanol–water partition coefficient (Wildman–Crippen LogP) is 5.48. The van der Waals surface area contributed by atoms with Crippen molar-refractivity contribution in [1.29, 1.82) is 0 Å². The summed E-state index contributed by atoms with van der Waals surface area (Å²) in [4.78, 5) is 4.42. The van der Waals surface area contributed by atoms with Crippen LogP contribution >= 0.6 is 0 Å². The number of nitrogens with zero attached hydrogens (tertiary/aromatic N) is 1. The summed E-state index contributed by atoms with van der Waals surface area (Å²) in [7, 11) is 0. The van der Waals surface area contributed by atoms with Gasteiger partial charge in [-0.15, -0.1) is 0 Å². The van der Waals surface area contributed by atoms with Crippen LogP contribution in [0, 0.1) is 5.82 Å². The summed E-state index contributed by atoms with van der Waals surface area (Å²) < 4.78 is 13.0. The average molecular weight is 273 g/mol. The van der Waals surface area contributed by atoms with Crippen LogP contribution in [0.1, 0.15) is 46.6 Å². The Morgan fingerprint density at radius 1 is 1.15 bits per heavy atom. The molecule has 0 atom stereocenters. The highest BCUT2D eigenvalue weighted by atomic mass is 19.1. The van der Waals surface area contributed by atoms with Crippen molar-refractivity contribution in [2.75, 3.05) is 0 Å². The van der Waals surface area contributed by atoms with Crippen LogP contribution in [-0.2, 0) is 6.42 Å². The highest BCUT2D eigenvalue weighted by molar-refractivity contribution is 5.56. The molecular formula is C18H24FN. The molecule has 108 valence electrons. The molecule has 0 N–H and O–H groups in total. The average Bonchev–Trinajstić information content (AvgIpc) is 2.45. The molecule has 2 heteroatoms. The van der Waals surface area contributed by atoms with E-state index in [1.54, 1.807) is 0 Å². The van der Waals surface area contributed by atoms with Crippen molar-refractivity contribution in [3.8, 4) is 0 Å². The van der Waals surface area contributed by atoms with E-state index in [1.807, 2.05) is 32.2 Å². The van der Waals surface area contributed by atoms with E-state index in [0.29, 0.717) is 0 Å². The van der Waals surface area contributed by atoms with E-state index in [-0.39, 0.29) is 5.82 Å². The Morgan fingerprint density at radius 3 is 2.25 bits per heavy atom. The quantitative estimate of drug-likeness (QED) is 0.497. The first kappa shape index (κ1) is 16.4. The summed E-state index contributed by atoms with van der Waals surface area (Å²) in [5, 5.41) is 0. The summed E-state index contributed by atoms with van der Waals surface area (Å²) in [5.41, 5.74) is 6.03. The molecule has 0 heterocycles. The zero-order valence-electron chi connectivity index (χ0n) is 13.1. The lowest BCUT2D eigenvalue weighted by Crippen LogP contribution is -1.98. The molecule has 1 aromatic rings. The maximum atomic E-state index is 13.0. The summed E-state index contributed by atoms with van der Waals surface area (Å²) in [6.45, 7) is 10.4. The van der Waals surface area contributed by atoms with E-state index in [2.05, 4.69) is 25.8 Å². The van der Waals surface area contributed by atoms with Gasteiger partial charge in [0.15, 0.2) is 0 Å². The zero-order chi connectivity index (χ0) is 15.1. The van der Waals surface area contributed by atoms with Crippen LogP contribution in [0.4, 0.5) is 4.39 Å². The molecule has 0 saturated heterocycles. The monoisotopic (exact) mass is 273 g/mol. The minimum absolute atomic E-state index is 0.195. The van der Waals surface area contributed by atoms with Crippen LogP contribution in [-0.4, -0.2) is 6.21 Å². The van der Waals surface area contributed by atoms with Gasteiger partial charge in [0.2, 0.25) is 0 Å². The molecule has 1 rings (SSSR count). The van der Waals surface area contributed by atoms with Crippen molar-refractivity contribution in [2.24, 2.45) is 4.99 Å². The van der Waals surface area contributed by atoms with Crippen LogP contribution in [0.15, 0.2) is 51.7 Å². The minimum atomic E-state index is -0.195. The number of halogens is 1. The number of hydrogen-bond donors (Lipinski definition) is 0. The number of benzene rings is 1. The van der Waals surface area contributed by atoms with E-state index < -0.39 is 0 Å². The molecular weight excluding hydrogens is 249 g/mol. The Morgan fingerprint density at radius 2 is 1.75 bits per heavy atom. The molecule has 0 unspecified atom stereocenters. The van der Waals surface area contributed by atoms with Gasteiger partial charge < -0.3 is 0 Å². The second kappa shape index (κ2) is 7.78. The molecule has 0 amide bonds. The van der Waals surface area contributed by atoms with Gasteiger partial charge in [-0.25, -0.2) is 4.39 Å². The van der Waals surface area contributed by atoms with E-state index in [9.17, 15) is 4.39 Å². The number of allylic oxidation sites excluding steroid dienone is 4. The molecule has 20 heavy (non-hydrogen) atoms. The molecule has 0 aliphatic carbocycles. The second-order valence-electron chi connectivity index (χ2n) is 5.01. The Bertz CT molecular complexity index is 533. The Labute approximate surface area is 121 Å². The van der Waals surface area contributed by atoms with Gasteiger partial charge in [0.05, 0.1) is 0 Å². The van der Waals surface area contributed by atoms with Crippen molar-refractivity contribution in [3.05, 3.63) is 58.1 Å². The maximum Gasteiger partial charge on any atom is 0.123 e. The van der Waals surface area contributed by atoms with Crippen LogP contribution in [0.25, 0.3) is 0 Å². The summed E-state index contributed by atoms with van der Waals surface area (Å²) in [6.07, 6.45) is 3.63. The van der Waals surface area contributed by atoms with Crippen molar-refractivity contribution >= 4 is 6.21 Å². The Balaban J connectivity index is 3.19. The third-order valence-electron chi connectivity index (χ3n) is 3.68. The summed E-state index contributed by atoms with van der Waals surface area (Å²) >= 11 is 0. The fourth-order valence-electron chi connectivity index (χ4n) is 2.13. The van der Waals surface area contributed by atoms with E-state index in [4.69, 9.17) is 0 Å². The van der Waals surface area contributed by atoms with Gasteiger partial charge in [0.25, 0.3) is 0 Å². The van der Waals surface area contributed by atoms with Crippen molar-refractivity contribution < 1.29 is 4.39 Å². The fraction of sp³-hybridized carbons (Fsp3) is 0.389. The molecule has 0 aromatic heterocycles. The van der Waals surface area contributed by atoms with Crippen LogP contribution in [0.2, 0.25) is 0 Å². The topological polar surface area (TPSA) is 12.4 Å². The number of rotatable bonds is 5. The molecule has 0 aliphatic rings. The van der Waals surface area contributed by atoms with Gasteiger partial charge in [-0.05, 0) is 69.4 Å². The molecule has 0 spiro atoms. The first-order chi connectivity index (χ1) is 9.49. The first-order valence-electron chi connectivity index (χ1n) is 7.09. The summed E-state index contributed by atoms with van der Waals surface area (Å²) in [6, 6.07) is 6.70. The highest BCUT2D eigenvalue weighted by Crippen LogP contribution is 2.24. The van der Waals surface area contributed by atoms with Crippen molar-refractivity contribution in [2.45, 2.75) is 47.5 Å². The lowest BCUT2D eigenvalue weighted by atomic mass is 9.93. The molecule has 0 aliphatic heterocycles. The van der Waals surface area contributed by atoms with Crippen molar-refractivity contribution in [1.82, 2.24) is 0 Å². The van der Waals surface area contributed by atoms with E-state index in [0.717, 1.165) is 24.1 Å². The minimum Gasteiger partial charge on any atom is -0.266 e. The fourth-order valence-corrected chi connectivity index (χ4v) is 2.13. The smallest absolute Gasteiger partial charge is 0.123 e. The van der Waals surface area contributed by atoms with Crippen LogP contribution in [0.3, 0.4) is 0 Å². The number of aliphatic imine (C=N–C) groups is 1. The van der Waals surface area contributed by atoms with Crippen LogP contribution in [0.5, 0.6) is 0 Å². The molecule has 0 radical (unpaired) electrons. The van der Waals surface area contributed by atoms with Crippen LogP contribution < -0.4 is 0 Å².